The van der Waals surface area contributed by atoms with Gasteiger partial charge >= 0.3 is 5.97 Å². The highest BCUT2D eigenvalue weighted by Crippen LogP contribution is 2.14. The first-order chi connectivity index (χ1) is 8.41. The molecule has 0 saturated carbocycles. The zero-order valence-electron chi connectivity index (χ0n) is 10.2. The molecule has 0 aromatic carbocycles. The quantitative estimate of drug-likeness (QED) is 0.857. The summed E-state index contributed by atoms with van der Waals surface area (Å²) < 4.78 is 0. The number of aromatic nitrogens is 1. The van der Waals surface area contributed by atoms with Crippen LogP contribution in [0.25, 0.3) is 0 Å². The molecule has 0 aliphatic heterocycles. The molecule has 1 aromatic heterocycles. The summed E-state index contributed by atoms with van der Waals surface area (Å²) in [7, 11) is 0. The van der Waals surface area contributed by atoms with E-state index in [1.54, 1.807) is 0 Å². The fourth-order valence-corrected chi connectivity index (χ4v) is 1.66. The average Bonchev–Trinajstić information content (AvgIpc) is 2.27. The molecule has 0 radical (unpaired) electrons. The first kappa shape index (κ1) is 14.4. The van der Waals surface area contributed by atoms with Crippen LogP contribution in [0.5, 0.6) is 0 Å². The lowest BCUT2D eigenvalue weighted by Crippen LogP contribution is -2.41. The van der Waals surface area contributed by atoms with E-state index in [4.69, 9.17) is 16.7 Å². The Bertz CT molecular complexity index is 449. The lowest BCUT2D eigenvalue weighted by molar-refractivity contribution is -0.139. The highest BCUT2D eigenvalue weighted by molar-refractivity contribution is 6.33. The van der Waals surface area contributed by atoms with Gasteiger partial charge in [0.05, 0.1) is 10.6 Å². The van der Waals surface area contributed by atoms with Gasteiger partial charge in [0.1, 0.15) is 6.04 Å². The summed E-state index contributed by atoms with van der Waals surface area (Å²) in [6, 6.07) is 0.558. The monoisotopic (exact) mass is 270 g/mol. The number of pyridine rings is 1. The third-order valence-corrected chi connectivity index (χ3v) is 2.65. The van der Waals surface area contributed by atoms with E-state index in [0.29, 0.717) is 6.42 Å². The molecule has 0 aliphatic rings. The zero-order valence-corrected chi connectivity index (χ0v) is 10.9. The molecule has 1 amide bonds. The van der Waals surface area contributed by atoms with Crippen molar-refractivity contribution in [1.29, 1.82) is 0 Å². The number of aliphatic carboxylic acids is 1. The van der Waals surface area contributed by atoms with Gasteiger partial charge in [0.25, 0.3) is 5.91 Å². The number of hydrogen-bond acceptors (Lipinski definition) is 3. The summed E-state index contributed by atoms with van der Waals surface area (Å²) in [6.07, 6.45) is 3.13. The summed E-state index contributed by atoms with van der Waals surface area (Å²) in [5.41, 5.74) is 0.175. The van der Waals surface area contributed by atoms with Crippen LogP contribution in [0.2, 0.25) is 5.02 Å². The summed E-state index contributed by atoms with van der Waals surface area (Å²) in [5.74, 6) is -1.42. The van der Waals surface area contributed by atoms with Crippen molar-refractivity contribution in [2.24, 2.45) is 5.92 Å². The van der Waals surface area contributed by atoms with E-state index >= 15 is 0 Å². The first-order valence-electron chi connectivity index (χ1n) is 5.55. The minimum atomic E-state index is -1.06. The van der Waals surface area contributed by atoms with E-state index in [1.807, 2.05) is 13.8 Å². The number of carbonyl (C=O) groups is 2. The van der Waals surface area contributed by atoms with Gasteiger partial charge in [-0.3, -0.25) is 9.78 Å². The maximum absolute atomic E-state index is 11.9. The van der Waals surface area contributed by atoms with Crippen LogP contribution >= 0.6 is 11.6 Å². The van der Waals surface area contributed by atoms with E-state index in [0.717, 1.165) is 0 Å². The second-order valence-corrected chi connectivity index (χ2v) is 4.76. The summed E-state index contributed by atoms with van der Waals surface area (Å²) in [6.45, 7) is 3.78. The second kappa shape index (κ2) is 6.35. The highest BCUT2D eigenvalue weighted by Gasteiger charge is 2.22. The number of rotatable bonds is 5. The van der Waals surface area contributed by atoms with Crippen molar-refractivity contribution in [3.05, 3.63) is 29.0 Å². The van der Waals surface area contributed by atoms with Gasteiger partial charge in [-0.25, -0.2) is 4.79 Å². The largest absolute Gasteiger partial charge is 0.480 e. The lowest BCUT2D eigenvalue weighted by Gasteiger charge is -2.16. The van der Waals surface area contributed by atoms with Crippen LogP contribution in [0.1, 0.15) is 30.6 Å². The zero-order chi connectivity index (χ0) is 13.7. The Balaban J connectivity index is 2.79. The summed E-state index contributed by atoms with van der Waals surface area (Å²) in [4.78, 5) is 26.7. The van der Waals surface area contributed by atoms with Crippen LogP contribution in [0.3, 0.4) is 0 Å². The number of halogens is 1. The van der Waals surface area contributed by atoms with Crippen LogP contribution in [-0.4, -0.2) is 28.0 Å². The molecule has 5 nitrogen and oxygen atoms in total. The molecule has 0 fully saturated rings. The molecule has 18 heavy (non-hydrogen) atoms. The minimum Gasteiger partial charge on any atom is -0.480 e. The lowest BCUT2D eigenvalue weighted by atomic mass is 10.0. The van der Waals surface area contributed by atoms with Crippen LogP contribution in [-0.2, 0) is 4.79 Å². The second-order valence-electron chi connectivity index (χ2n) is 4.35. The van der Waals surface area contributed by atoms with Crippen molar-refractivity contribution >= 4 is 23.5 Å². The van der Waals surface area contributed by atoms with Gasteiger partial charge < -0.3 is 10.4 Å². The van der Waals surface area contributed by atoms with Gasteiger partial charge in [-0.2, -0.15) is 0 Å². The number of carboxylic acid groups (broad SMARTS) is 1. The van der Waals surface area contributed by atoms with Crippen molar-refractivity contribution in [3.8, 4) is 0 Å². The van der Waals surface area contributed by atoms with Crippen LogP contribution < -0.4 is 5.32 Å². The third kappa shape index (κ3) is 4.00. The maximum atomic E-state index is 11.9. The molecule has 1 atom stereocenters. The maximum Gasteiger partial charge on any atom is 0.326 e. The predicted octanol–water partition coefficient (Wildman–Crippen LogP) is 1.96. The fraction of sp³-hybridized carbons (Fsp3) is 0.417. The van der Waals surface area contributed by atoms with E-state index in [-0.39, 0.29) is 16.5 Å². The molecule has 0 saturated heterocycles. The van der Waals surface area contributed by atoms with Gasteiger partial charge in [0.2, 0.25) is 0 Å². The SMILES string of the molecule is CC(C)C[C@H](NC(=O)c1cnccc1Cl)C(=O)O. The van der Waals surface area contributed by atoms with Gasteiger partial charge in [0, 0.05) is 12.4 Å². The molecule has 98 valence electrons. The summed E-state index contributed by atoms with van der Waals surface area (Å²) in [5, 5.41) is 11.7. The van der Waals surface area contributed by atoms with Gasteiger partial charge in [0.15, 0.2) is 0 Å². The molecule has 0 aliphatic carbocycles. The predicted molar refractivity (Wildman–Crippen MR) is 67.6 cm³/mol. The molecule has 1 rings (SSSR count). The molecule has 2 N–H and O–H groups in total. The number of nitrogens with one attached hydrogen (secondary N) is 1. The molecule has 1 heterocycles. The average molecular weight is 271 g/mol. The Labute approximate surface area is 110 Å². The topological polar surface area (TPSA) is 79.3 Å². The first-order valence-corrected chi connectivity index (χ1v) is 5.92. The smallest absolute Gasteiger partial charge is 0.326 e. The Kier molecular flexibility index (Phi) is 5.09. The Morgan fingerprint density at radius 1 is 1.50 bits per heavy atom. The third-order valence-electron chi connectivity index (χ3n) is 2.32. The van der Waals surface area contributed by atoms with E-state index in [9.17, 15) is 9.59 Å². The van der Waals surface area contributed by atoms with Crippen molar-refractivity contribution < 1.29 is 14.7 Å². The summed E-state index contributed by atoms with van der Waals surface area (Å²) >= 11 is 5.84. The Hall–Kier alpha value is -1.62. The molecular weight excluding hydrogens is 256 g/mol. The van der Waals surface area contributed by atoms with Crippen molar-refractivity contribution in [2.75, 3.05) is 0 Å². The van der Waals surface area contributed by atoms with E-state index in [2.05, 4.69) is 10.3 Å². The normalized spacial score (nSPS) is 12.2. The van der Waals surface area contributed by atoms with Crippen molar-refractivity contribution in [1.82, 2.24) is 10.3 Å². The molecule has 0 unspecified atom stereocenters. The van der Waals surface area contributed by atoms with E-state index in [1.165, 1.54) is 18.5 Å². The number of hydrogen-bond donors (Lipinski definition) is 2. The van der Waals surface area contributed by atoms with Gasteiger partial charge in [-0.1, -0.05) is 25.4 Å². The standard InChI is InChI=1S/C12H15ClN2O3/c1-7(2)5-10(12(17)18)15-11(16)8-6-14-4-3-9(8)13/h3-4,6-7,10H,5H2,1-2H3,(H,15,16)(H,17,18)/t10-/m0/s1. The molecule has 6 heteroatoms. The van der Waals surface area contributed by atoms with Crippen LogP contribution in [0.4, 0.5) is 0 Å². The molecule has 0 spiro atoms. The number of amides is 1. The molecular formula is C12H15ClN2O3. The van der Waals surface area contributed by atoms with Crippen molar-refractivity contribution in [3.63, 3.8) is 0 Å². The number of nitrogens with zero attached hydrogens (tertiary/aromatic N) is 1. The highest BCUT2D eigenvalue weighted by atomic mass is 35.5. The minimum absolute atomic E-state index is 0.163. The Morgan fingerprint density at radius 2 is 2.17 bits per heavy atom. The van der Waals surface area contributed by atoms with E-state index < -0.39 is 17.9 Å². The van der Waals surface area contributed by atoms with Crippen molar-refractivity contribution in [2.45, 2.75) is 26.3 Å². The van der Waals surface area contributed by atoms with Gasteiger partial charge in [-0.05, 0) is 18.4 Å². The number of carboxylic acids is 1. The van der Waals surface area contributed by atoms with Crippen LogP contribution in [0, 0.1) is 5.92 Å². The Morgan fingerprint density at radius 3 is 2.67 bits per heavy atom. The number of carbonyl (C=O) groups excluding carboxylic acids is 1. The fourth-order valence-electron chi connectivity index (χ4n) is 1.47. The molecule has 0 bridgehead atoms. The van der Waals surface area contributed by atoms with Gasteiger partial charge in [-0.15, -0.1) is 0 Å². The van der Waals surface area contributed by atoms with Crippen LogP contribution in [0.15, 0.2) is 18.5 Å². The molecule has 1 aromatic rings.